The molecule has 0 aliphatic heterocycles. The molecule has 0 heterocycles. The zero-order valence-corrected chi connectivity index (χ0v) is 9.33. The van der Waals surface area contributed by atoms with E-state index < -0.39 is 0 Å². The Morgan fingerprint density at radius 1 is 1.36 bits per heavy atom. The Hall–Kier alpha value is -1.31. The molecule has 78 valence electrons. The fraction of sp³-hybridized carbons (Fsp3) is 0.417. The first kappa shape index (κ1) is 12.7. The van der Waals surface area contributed by atoms with Crippen molar-refractivity contribution in [1.29, 1.82) is 0 Å². The van der Waals surface area contributed by atoms with Crippen LogP contribution in [0.4, 0.5) is 0 Å². The van der Waals surface area contributed by atoms with Crippen LogP contribution in [0.2, 0.25) is 0 Å². The van der Waals surface area contributed by atoms with Crippen molar-refractivity contribution < 1.29 is 9.53 Å². The molecule has 0 unspecified atom stereocenters. The van der Waals surface area contributed by atoms with Crippen LogP contribution < -0.4 is 4.74 Å². The predicted molar refractivity (Wildman–Crippen MR) is 58.7 cm³/mol. The smallest absolute Gasteiger partial charge is 0.134 e. The minimum atomic E-state index is 0.170. The molecule has 1 rings (SSSR count). The van der Waals surface area contributed by atoms with Gasteiger partial charge in [-0.15, -0.1) is 0 Å². The molecule has 0 N–H and O–H groups in total. The maximum Gasteiger partial charge on any atom is 0.134 e. The van der Waals surface area contributed by atoms with E-state index in [1.807, 2.05) is 38.1 Å². The van der Waals surface area contributed by atoms with E-state index >= 15 is 0 Å². The third-order valence-corrected chi connectivity index (χ3v) is 1.59. The SMILES string of the molecule is CC.COc1cccc(CC(C)=O)c1. The van der Waals surface area contributed by atoms with Crippen molar-refractivity contribution >= 4 is 5.78 Å². The number of carbonyl (C=O) groups is 1. The number of Topliss-reactive ketones (excluding diaryl/α,β-unsaturated/α-hetero) is 1. The van der Waals surface area contributed by atoms with Crippen LogP contribution in [0.5, 0.6) is 5.75 Å². The van der Waals surface area contributed by atoms with Gasteiger partial charge in [0.1, 0.15) is 11.5 Å². The third-order valence-electron chi connectivity index (χ3n) is 1.59. The van der Waals surface area contributed by atoms with Gasteiger partial charge in [0.25, 0.3) is 0 Å². The van der Waals surface area contributed by atoms with Gasteiger partial charge in [-0.25, -0.2) is 0 Å². The zero-order chi connectivity index (χ0) is 11.0. The Labute approximate surface area is 85.9 Å². The maximum atomic E-state index is 10.8. The highest BCUT2D eigenvalue weighted by molar-refractivity contribution is 5.78. The molecule has 1 aromatic rings. The van der Waals surface area contributed by atoms with E-state index in [9.17, 15) is 4.79 Å². The van der Waals surface area contributed by atoms with Gasteiger partial charge in [-0.3, -0.25) is 4.79 Å². The van der Waals surface area contributed by atoms with Gasteiger partial charge in [-0.1, -0.05) is 26.0 Å². The molecule has 0 aromatic heterocycles. The normalized spacial score (nSPS) is 8.57. The lowest BCUT2D eigenvalue weighted by molar-refractivity contribution is -0.116. The van der Waals surface area contributed by atoms with Crippen LogP contribution in [0, 0.1) is 0 Å². The number of benzene rings is 1. The van der Waals surface area contributed by atoms with Crippen LogP contribution >= 0.6 is 0 Å². The summed E-state index contributed by atoms with van der Waals surface area (Å²) in [5.74, 6) is 0.969. The van der Waals surface area contributed by atoms with Gasteiger partial charge in [-0.05, 0) is 24.6 Å². The van der Waals surface area contributed by atoms with Crippen LogP contribution in [-0.4, -0.2) is 12.9 Å². The van der Waals surface area contributed by atoms with Crippen molar-refractivity contribution in [3.8, 4) is 5.75 Å². The van der Waals surface area contributed by atoms with Gasteiger partial charge < -0.3 is 4.74 Å². The van der Waals surface area contributed by atoms with Gasteiger partial charge in [0.05, 0.1) is 7.11 Å². The second-order valence-electron chi connectivity index (χ2n) is 2.73. The van der Waals surface area contributed by atoms with E-state index in [1.165, 1.54) is 0 Å². The highest BCUT2D eigenvalue weighted by atomic mass is 16.5. The summed E-state index contributed by atoms with van der Waals surface area (Å²) in [6.45, 7) is 5.58. The molecule has 2 heteroatoms. The Morgan fingerprint density at radius 3 is 2.50 bits per heavy atom. The van der Waals surface area contributed by atoms with Gasteiger partial charge in [0, 0.05) is 6.42 Å². The second-order valence-corrected chi connectivity index (χ2v) is 2.73. The average molecular weight is 194 g/mol. The monoisotopic (exact) mass is 194 g/mol. The number of rotatable bonds is 3. The number of hydrogen-bond donors (Lipinski definition) is 0. The summed E-state index contributed by atoms with van der Waals surface area (Å²) in [5.41, 5.74) is 1.00. The van der Waals surface area contributed by atoms with Crippen LogP contribution in [0.15, 0.2) is 24.3 Å². The molecular formula is C12H18O2. The van der Waals surface area contributed by atoms with Crippen LogP contribution in [0.25, 0.3) is 0 Å². The molecule has 0 radical (unpaired) electrons. The molecular weight excluding hydrogens is 176 g/mol. The topological polar surface area (TPSA) is 26.3 Å². The third kappa shape index (κ3) is 4.65. The Kier molecular flexibility index (Phi) is 6.46. The highest BCUT2D eigenvalue weighted by Crippen LogP contribution is 2.12. The summed E-state index contributed by atoms with van der Waals surface area (Å²) < 4.78 is 5.03. The van der Waals surface area contributed by atoms with Gasteiger partial charge in [0.2, 0.25) is 0 Å². The second kappa shape index (κ2) is 7.13. The van der Waals surface area contributed by atoms with Crippen molar-refractivity contribution in [3.05, 3.63) is 29.8 Å². The lowest BCUT2D eigenvalue weighted by Gasteiger charge is -2.01. The average Bonchev–Trinajstić information content (AvgIpc) is 2.20. The first-order chi connectivity index (χ1) is 6.72. The van der Waals surface area contributed by atoms with E-state index in [0.29, 0.717) is 6.42 Å². The zero-order valence-electron chi connectivity index (χ0n) is 9.33. The largest absolute Gasteiger partial charge is 0.497 e. The number of ether oxygens (including phenoxy) is 1. The maximum absolute atomic E-state index is 10.8. The number of ketones is 1. The molecule has 0 fully saturated rings. The van der Waals surface area contributed by atoms with Crippen LogP contribution in [-0.2, 0) is 11.2 Å². The molecule has 0 saturated carbocycles. The fourth-order valence-corrected chi connectivity index (χ4v) is 1.07. The summed E-state index contributed by atoms with van der Waals surface area (Å²) in [6.07, 6.45) is 0.483. The number of hydrogen-bond acceptors (Lipinski definition) is 2. The Balaban J connectivity index is 0.000000791. The van der Waals surface area contributed by atoms with E-state index in [1.54, 1.807) is 14.0 Å². The minimum absolute atomic E-state index is 0.170. The van der Waals surface area contributed by atoms with Gasteiger partial charge in [-0.2, -0.15) is 0 Å². The van der Waals surface area contributed by atoms with Crippen LogP contribution in [0.1, 0.15) is 26.3 Å². The van der Waals surface area contributed by atoms with E-state index in [2.05, 4.69) is 0 Å². The van der Waals surface area contributed by atoms with Gasteiger partial charge >= 0.3 is 0 Å². The van der Waals surface area contributed by atoms with Crippen molar-refractivity contribution in [2.45, 2.75) is 27.2 Å². The minimum Gasteiger partial charge on any atom is -0.497 e. The van der Waals surface area contributed by atoms with E-state index in [0.717, 1.165) is 11.3 Å². The summed E-state index contributed by atoms with van der Waals surface area (Å²) in [5, 5.41) is 0. The Morgan fingerprint density at radius 2 is 2.00 bits per heavy atom. The Bertz CT molecular complexity index is 279. The number of methoxy groups -OCH3 is 1. The molecule has 0 spiro atoms. The van der Waals surface area contributed by atoms with Crippen molar-refractivity contribution in [3.63, 3.8) is 0 Å². The van der Waals surface area contributed by atoms with Crippen molar-refractivity contribution in [2.24, 2.45) is 0 Å². The first-order valence-corrected chi connectivity index (χ1v) is 4.84. The standard InChI is InChI=1S/C10H12O2.C2H6/c1-8(11)6-9-4-3-5-10(7-9)12-2;1-2/h3-5,7H,6H2,1-2H3;1-2H3. The highest BCUT2D eigenvalue weighted by Gasteiger charge is 1.98. The molecule has 0 amide bonds. The van der Waals surface area contributed by atoms with E-state index in [-0.39, 0.29) is 5.78 Å². The van der Waals surface area contributed by atoms with Crippen LogP contribution in [0.3, 0.4) is 0 Å². The quantitative estimate of drug-likeness (QED) is 0.739. The number of carbonyl (C=O) groups excluding carboxylic acids is 1. The van der Waals surface area contributed by atoms with Crippen molar-refractivity contribution in [1.82, 2.24) is 0 Å². The molecule has 0 bridgehead atoms. The molecule has 0 aliphatic rings. The molecule has 14 heavy (non-hydrogen) atoms. The molecule has 0 aliphatic carbocycles. The van der Waals surface area contributed by atoms with Crippen molar-refractivity contribution in [2.75, 3.05) is 7.11 Å². The summed E-state index contributed by atoms with van der Waals surface area (Å²) in [4.78, 5) is 10.8. The first-order valence-electron chi connectivity index (χ1n) is 4.84. The molecule has 0 atom stereocenters. The summed E-state index contributed by atoms with van der Waals surface area (Å²) in [6, 6.07) is 7.55. The molecule has 1 aromatic carbocycles. The fourth-order valence-electron chi connectivity index (χ4n) is 1.07. The van der Waals surface area contributed by atoms with Gasteiger partial charge in [0.15, 0.2) is 0 Å². The summed E-state index contributed by atoms with van der Waals surface area (Å²) >= 11 is 0. The van der Waals surface area contributed by atoms with E-state index in [4.69, 9.17) is 4.74 Å². The summed E-state index contributed by atoms with van der Waals surface area (Å²) in [7, 11) is 1.62. The predicted octanol–water partition coefficient (Wildman–Crippen LogP) is 2.85. The molecule has 0 saturated heterocycles. The lowest BCUT2D eigenvalue weighted by atomic mass is 10.1. The molecule has 2 nitrogen and oxygen atoms in total. The lowest BCUT2D eigenvalue weighted by Crippen LogP contribution is -1.96.